The topological polar surface area (TPSA) is 43.6 Å². The maximum Gasteiger partial charge on any atom is 0.115 e. The minimum absolute atomic E-state index is 0.327. The maximum absolute atomic E-state index is 4.05. The first-order valence-corrected chi connectivity index (χ1v) is 4.52. The van der Waals surface area contributed by atoms with Gasteiger partial charge in [-0.1, -0.05) is 5.21 Å². The lowest BCUT2D eigenvalue weighted by atomic mass is 10.2. The number of hydrogen-bond acceptors (Lipinski definition) is 3. The molecule has 0 spiro atoms. The summed E-state index contributed by atoms with van der Waals surface area (Å²) in [5, 5.41) is 8.06. The lowest BCUT2D eigenvalue weighted by Crippen LogP contribution is -2.00. The van der Waals surface area contributed by atoms with Crippen LogP contribution < -0.4 is 0 Å². The first-order valence-electron chi connectivity index (χ1n) is 4.52. The lowest BCUT2D eigenvalue weighted by molar-refractivity contribution is 0.514. The molecule has 14 heavy (non-hydrogen) atoms. The molecular formula is C10H11N4. The average molecular weight is 187 g/mol. The van der Waals surface area contributed by atoms with Gasteiger partial charge in [-0.25, -0.2) is 4.68 Å². The average Bonchev–Trinajstić information content (AvgIpc) is 2.68. The smallest absolute Gasteiger partial charge is 0.115 e. The van der Waals surface area contributed by atoms with E-state index in [1.165, 1.54) is 0 Å². The van der Waals surface area contributed by atoms with Crippen LogP contribution in [0.15, 0.2) is 24.5 Å². The summed E-state index contributed by atoms with van der Waals surface area (Å²) in [7, 11) is 0. The Morgan fingerprint density at radius 3 is 2.86 bits per heavy atom. The van der Waals surface area contributed by atoms with Crippen LogP contribution in [-0.2, 0) is 0 Å². The van der Waals surface area contributed by atoms with Gasteiger partial charge in [0.05, 0.1) is 12.4 Å². The fourth-order valence-electron chi connectivity index (χ4n) is 1.12. The van der Waals surface area contributed by atoms with E-state index in [9.17, 15) is 0 Å². The van der Waals surface area contributed by atoms with Crippen LogP contribution in [0.1, 0.15) is 19.9 Å². The largest absolute Gasteiger partial charge is 0.254 e. The molecule has 2 aromatic heterocycles. The van der Waals surface area contributed by atoms with Crippen LogP contribution in [0, 0.1) is 6.20 Å². The summed E-state index contributed by atoms with van der Waals surface area (Å²) in [5.41, 5.74) is 1.69. The van der Waals surface area contributed by atoms with Gasteiger partial charge in [0, 0.05) is 17.8 Å². The molecule has 0 bridgehead atoms. The van der Waals surface area contributed by atoms with Gasteiger partial charge in [-0.15, -0.1) is 5.10 Å². The van der Waals surface area contributed by atoms with Crippen molar-refractivity contribution in [2.24, 2.45) is 0 Å². The van der Waals surface area contributed by atoms with E-state index in [1.54, 1.807) is 6.20 Å². The van der Waals surface area contributed by atoms with Crippen LogP contribution in [0.4, 0.5) is 0 Å². The van der Waals surface area contributed by atoms with Crippen LogP contribution in [0.25, 0.3) is 11.3 Å². The van der Waals surface area contributed by atoms with Gasteiger partial charge in [0.25, 0.3) is 0 Å². The molecule has 0 aliphatic heterocycles. The van der Waals surface area contributed by atoms with E-state index in [1.807, 2.05) is 23.0 Å². The third-order valence-corrected chi connectivity index (χ3v) is 1.92. The fourth-order valence-corrected chi connectivity index (χ4v) is 1.12. The Morgan fingerprint density at radius 1 is 1.43 bits per heavy atom. The molecule has 0 N–H and O–H groups in total. The molecule has 2 rings (SSSR count). The molecule has 4 heteroatoms. The number of hydrogen-bond donors (Lipinski definition) is 0. The monoisotopic (exact) mass is 187 g/mol. The van der Waals surface area contributed by atoms with Crippen molar-refractivity contribution in [1.29, 1.82) is 0 Å². The summed E-state index contributed by atoms with van der Waals surface area (Å²) >= 11 is 0. The van der Waals surface area contributed by atoms with E-state index in [0.717, 1.165) is 11.3 Å². The third kappa shape index (κ3) is 1.64. The van der Waals surface area contributed by atoms with Gasteiger partial charge in [0.2, 0.25) is 0 Å². The third-order valence-electron chi connectivity index (χ3n) is 1.92. The summed E-state index contributed by atoms with van der Waals surface area (Å²) in [4.78, 5) is 3.91. The lowest BCUT2D eigenvalue weighted by Gasteiger charge is -2.00. The van der Waals surface area contributed by atoms with Crippen LogP contribution in [-0.4, -0.2) is 20.0 Å². The van der Waals surface area contributed by atoms with Gasteiger partial charge in [0.15, 0.2) is 0 Å². The summed E-state index contributed by atoms with van der Waals surface area (Å²) in [5.74, 6) is 0. The van der Waals surface area contributed by atoms with Crippen LogP contribution in [0.5, 0.6) is 0 Å². The van der Waals surface area contributed by atoms with E-state index in [4.69, 9.17) is 0 Å². The Bertz CT molecular complexity index is 405. The molecule has 0 unspecified atom stereocenters. The molecule has 1 radical (unpaired) electrons. The Balaban J connectivity index is 2.34. The quantitative estimate of drug-likeness (QED) is 0.719. The predicted octanol–water partition coefficient (Wildman–Crippen LogP) is 1.72. The van der Waals surface area contributed by atoms with Crippen molar-refractivity contribution in [3.05, 3.63) is 30.7 Å². The van der Waals surface area contributed by atoms with Gasteiger partial charge >= 0.3 is 0 Å². The highest BCUT2D eigenvalue weighted by atomic mass is 15.4. The normalized spacial score (nSPS) is 10.8. The van der Waals surface area contributed by atoms with E-state index < -0.39 is 0 Å². The van der Waals surface area contributed by atoms with Crippen molar-refractivity contribution >= 4 is 0 Å². The molecule has 0 saturated heterocycles. The summed E-state index contributed by atoms with van der Waals surface area (Å²) in [6, 6.07) is 4.11. The Morgan fingerprint density at radius 2 is 2.29 bits per heavy atom. The minimum Gasteiger partial charge on any atom is -0.254 e. The molecule has 2 heterocycles. The summed E-state index contributed by atoms with van der Waals surface area (Å²) < 4.78 is 1.82. The molecule has 0 saturated carbocycles. The standard InChI is InChI=1S/C10H11N4/c1-8(2)14-7-10(12-13-14)9-4-3-5-11-6-9/h3-5,7-8H,1-2H3. The van der Waals surface area contributed by atoms with Gasteiger partial charge in [-0.2, -0.15) is 0 Å². The van der Waals surface area contributed by atoms with Crippen molar-refractivity contribution in [3.8, 4) is 11.3 Å². The van der Waals surface area contributed by atoms with Crippen molar-refractivity contribution in [3.63, 3.8) is 0 Å². The van der Waals surface area contributed by atoms with Gasteiger partial charge in [0.1, 0.15) is 5.69 Å². The molecule has 0 aliphatic rings. The van der Waals surface area contributed by atoms with E-state index in [0.29, 0.717) is 6.04 Å². The number of rotatable bonds is 2. The molecule has 4 nitrogen and oxygen atoms in total. The second-order valence-corrected chi connectivity index (χ2v) is 3.34. The first-order chi connectivity index (χ1) is 6.77. The highest BCUT2D eigenvalue weighted by Crippen LogP contribution is 2.14. The van der Waals surface area contributed by atoms with Gasteiger partial charge in [-0.05, 0) is 26.0 Å². The highest BCUT2D eigenvalue weighted by Gasteiger charge is 2.05. The molecule has 0 amide bonds. The predicted molar refractivity (Wildman–Crippen MR) is 52.5 cm³/mol. The Hall–Kier alpha value is -1.71. The SMILES string of the molecule is CC(C)n1cc(-c2[c]nccc2)nn1. The molecule has 0 fully saturated rings. The van der Waals surface area contributed by atoms with E-state index in [2.05, 4.69) is 35.3 Å². The molecule has 0 atom stereocenters. The fraction of sp³-hybridized carbons (Fsp3) is 0.300. The summed E-state index contributed by atoms with van der Waals surface area (Å²) in [6.45, 7) is 4.12. The molecule has 71 valence electrons. The van der Waals surface area contributed by atoms with Crippen molar-refractivity contribution in [2.45, 2.75) is 19.9 Å². The second kappa shape index (κ2) is 3.57. The molecule has 0 aromatic carbocycles. The molecule has 0 aliphatic carbocycles. The van der Waals surface area contributed by atoms with Crippen molar-refractivity contribution in [1.82, 2.24) is 20.0 Å². The number of nitrogens with zero attached hydrogens (tertiary/aromatic N) is 4. The Kier molecular flexibility index (Phi) is 2.26. The maximum atomic E-state index is 4.05. The van der Waals surface area contributed by atoms with Crippen molar-refractivity contribution < 1.29 is 0 Å². The second-order valence-electron chi connectivity index (χ2n) is 3.34. The molecular weight excluding hydrogens is 176 g/mol. The summed E-state index contributed by atoms with van der Waals surface area (Å²) in [6.07, 6.45) is 6.46. The van der Waals surface area contributed by atoms with Crippen molar-refractivity contribution in [2.75, 3.05) is 0 Å². The number of aromatic nitrogens is 4. The number of pyridine rings is 1. The van der Waals surface area contributed by atoms with Crippen LogP contribution >= 0.6 is 0 Å². The highest BCUT2D eigenvalue weighted by molar-refractivity contribution is 5.54. The van der Waals surface area contributed by atoms with E-state index >= 15 is 0 Å². The van der Waals surface area contributed by atoms with Gasteiger partial charge < -0.3 is 0 Å². The zero-order valence-corrected chi connectivity index (χ0v) is 8.18. The van der Waals surface area contributed by atoms with E-state index in [-0.39, 0.29) is 0 Å². The molecule has 2 aromatic rings. The van der Waals surface area contributed by atoms with Crippen LogP contribution in [0.3, 0.4) is 0 Å². The zero-order chi connectivity index (χ0) is 9.97. The minimum atomic E-state index is 0.327. The zero-order valence-electron chi connectivity index (χ0n) is 8.18. The first kappa shape index (κ1) is 8.87. The van der Waals surface area contributed by atoms with Crippen LogP contribution in [0.2, 0.25) is 0 Å². The Labute approximate surface area is 82.6 Å². The van der Waals surface area contributed by atoms with Gasteiger partial charge in [-0.3, -0.25) is 4.98 Å².